The lowest BCUT2D eigenvalue weighted by molar-refractivity contribution is -0.137. The molecule has 0 saturated heterocycles. The zero-order valence-corrected chi connectivity index (χ0v) is 15.0. The predicted octanol–water partition coefficient (Wildman–Crippen LogP) is 4.86. The van der Waals surface area contributed by atoms with Crippen molar-refractivity contribution in [3.63, 3.8) is 0 Å². The fraction of sp³-hybridized carbons (Fsp3) is 0.105. The van der Waals surface area contributed by atoms with Crippen molar-refractivity contribution in [1.29, 1.82) is 0 Å². The largest absolute Gasteiger partial charge is 0.454 e. The number of nitrogens with zero attached hydrogens (tertiary/aromatic N) is 3. The first-order chi connectivity index (χ1) is 13.3. The van der Waals surface area contributed by atoms with Crippen molar-refractivity contribution in [3.8, 4) is 17.1 Å². The van der Waals surface area contributed by atoms with E-state index in [1.807, 2.05) is 0 Å². The first-order valence-corrected chi connectivity index (χ1v) is 8.34. The summed E-state index contributed by atoms with van der Waals surface area (Å²) in [4.78, 5) is 16.3. The number of hydrogen-bond acceptors (Lipinski definition) is 4. The van der Waals surface area contributed by atoms with Crippen LogP contribution >= 0.6 is 11.6 Å². The number of alkyl halides is 3. The number of ether oxygens (including phenoxy) is 1. The van der Waals surface area contributed by atoms with E-state index in [9.17, 15) is 18.0 Å². The maximum Gasteiger partial charge on any atom is 0.416 e. The highest BCUT2D eigenvalue weighted by Gasteiger charge is 2.31. The van der Waals surface area contributed by atoms with Gasteiger partial charge in [-0.3, -0.25) is 0 Å². The van der Waals surface area contributed by atoms with Gasteiger partial charge in [0.1, 0.15) is 6.61 Å². The van der Waals surface area contributed by atoms with Crippen LogP contribution in [-0.2, 0) is 10.9 Å². The van der Waals surface area contributed by atoms with E-state index in [2.05, 4.69) is 16.7 Å². The van der Waals surface area contributed by atoms with E-state index in [1.54, 1.807) is 30.3 Å². The quantitative estimate of drug-likeness (QED) is 0.567. The smallest absolute Gasteiger partial charge is 0.416 e. The van der Waals surface area contributed by atoms with Crippen LogP contribution in [-0.4, -0.2) is 27.3 Å². The fourth-order valence-electron chi connectivity index (χ4n) is 2.38. The van der Waals surface area contributed by atoms with Gasteiger partial charge in [0, 0.05) is 10.6 Å². The van der Waals surface area contributed by atoms with Crippen molar-refractivity contribution in [2.75, 3.05) is 6.61 Å². The van der Waals surface area contributed by atoms with Crippen LogP contribution in [0.2, 0.25) is 0 Å². The molecule has 9 heteroatoms. The van der Waals surface area contributed by atoms with Crippen molar-refractivity contribution in [3.05, 3.63) is 77.6 Å². The zero-order valence-electron chi connectivity index (χ0n) is 14.3. The van der Waals surface area contributed by atoms with Gasteiger partial charge in [-0.15, -0.1) is 5.10 Å². The van der Waals surface area contributed by atoms with Crippen molar-refractivity contribution in [1.82, 2.24) is 14.8 Å². The average Bonchev–Trinajstić information content (AvgIpc) is 3.12. The second kappa shape index (κ2) is 7.85. The van der Waals surface area contributed by atoms with Gasteiger partial charge in [-0.05, 0) is 18.2 Å². The highest BCUT2D eigenvalue weighted by molar-refractivity contribution is 6.29. The molecule has 0 N–H and O–H groups in total. The molecule has 28 heavy (non-hydrogen) atoms. The molecule has 0 bridgehead atoms. The Hall–Kier alpha value is -3.13. The highest BCUT2D eigenvalue weighted by Crippen LogP contribution is 2.31. The number of rotatable bonds is 5. The van der Waals surface area contributed by atoms with Crippen LogP contribution in [0, 0.1) is 0 Å². The summed E-state index contributed by atoms with van der Waals surface area (Å²) in [6.45, 7) is 3.17. The molecule has 0 radical (unpaired) electrons. The number of benzene rings is 2. The Morgan fingerprint density at radius 3 is 2.50 bits per heavy atom. The zero-order chi connectivity index (χ0) is 20.3. The Labute approximate surface area is 163 Å². The van der Waals surface area contributed by atoms with Crippen molar-refractivity contribution < 1.29 is 22.7 Å². The average molecular weight is 408 g/mol. The summed E-state index contributed by atoms with van der Waals surface area (Å²) in [6, 6.07) is 13.2. The molecule has 0 aliphatic carbocycles. The molecule has 0 aliphatic heterocycles. The van der Waals surface area contributed by atoms with Gasteiger partial charge in [-0.1, -0.05) is 54.6 Å². The monoisotopic (exact) mass is 407 g/mol. The van der Waals surface area contributed by atoms with Crippen LogP contribution in [0.5, 0.6) is 0 Å². The summed E-state index contributed by atoms with van der Waals surface area (Å²) in [6.07, 6.45) is -4.52. The Balaban J connectivity index is 2.09. The lowest BCUT2D eigenvalue weighted by Gasteiger charge is -2.10. The maximum atomic E-state index is 13.1. The van der Waals surface area contributed by atoms with Gasteiger partial charge in [0.05, 0.1) is 11.3 Å². The topological polar surface area (TPSA) is 57.0 Å². The normalized spacial score (nSPS) is 11.3. The number of halogens is 4. The Bertz CT molecular complexity index is 1020. The van der Waals surface area contributed by atoms with Gasteiger partial charge >= 0.3 is 12.1 Å². The molecule has 0 spiro atoms. The summed E-state index contributed by atoms with van der Waals surface area (Å²) in [5, 5.41) is 4.15. The molecule has 3 aromatic rings. The lowest BCUT2D eigenvalue weighted by Crippen LogP contribution is -2.10. The molecule has 1 aromatic heterocycles. The van der Waals surface area contributed by atoms with E-state index >= 15 is 0 Å². The van der Waals surface area contributed by atoms with Crippen LogP contribution in [0.25, 0.3) is 17.1 Å². The minimum atomic E-state index is -4.52. The maximum absolute atomic E-state index is 13.1. The van der Waals surface area contributed by atoms with Crippen LogP contribution in [0.15, 0.2) is 66.2 Å². The lowest BCUT2D eigenvalue weighted by atomic mass is 10.2. The third-order valence-electron chi connectivity index (χ3n) is 3.60. The molecule has 144 valence electrons. The van der Waals surface area contributed by atoms with Crippen LogP contribution in [0.4, 0.5) is 13.2 Å². The molecule has 2 aromatic carbocycles. The first-order valence-electron chi connectivity index (χ1n) is 7.96. The molecular formula is C19H13ClF3N3O2. The van der Waals surface area contributed by atoms with E-state index in [-0.39, 0.29) is 29.0 Å². The number of aromatic nitrogens is 3. The van der Waals surface area contributed by atoms with Crippen molar-refractivity contribution >= 4 is 17.6 Å². The highest BCUT2D eigenvalue weighted by atomic mass is 35.5. The van der Waals surface area contributed by atoms with Crippen LogP contribution in [0.1, 0.15) is 16.2 Å². The van der Waals surface area contributed by atoms with E-state index in [0.717, 1.165) is 16.8 Å². The van der Waals surface area contributed by atoms with E-state index in [0.29, 0.717) is 5.56 Å². The first kappa shape index (κ1) is 19.6. The van der Waals surface area contributed by atoms with Crippen LogP contribution in [0.3, 0.4) is 0 Å². The van der Waals surface area contributed by atoms with Gasteiger partial charge in [0.15, 0.2) is 5.82 Å². The Kier molecular flexibility index (Phi) is 5.51. The summed E-state index contributed by atoms with van der Waals surface area (Å²) in [7, 11) is 0. The summed E-state index contributed by atoms with van der Waals surface area (Å²) in [5.41, 5.74) is -0.183. The fourth-order valence-corrected chi connectivity index (χ4v) is 2.43. The summed E-state index contributed by atoms with van der Waals surface area (Å²) < 4.78 is 45.3. The Morgan fingerprint density at radius 1 is 1.14 bits per heavy atom. The van der Waals surface area contributed by atoms with Crippen molar-refractivity contribution in [2.45, 2.75) is 6.18 Å². The van der Waals surface area contributed by atoms with E-state index < -0.39 is 17.7 Å². The van der Waals surface area contributed by atoms with Gasteiger partial charge in [-0.2, -0.15) is 13.2 Å². The van der Waals surface area contributed by atoms with E-state index in [4.69, 9.17) is 16.3 Å². The number of carbonyl (C=O) groups excluding carboxylic acids is 1. The minimum absolute atomic E-state index is 0.0991. The molecule has 5 nitrogen and oxygen atoms in total. The minimum Gasteiger partial charge on any atom is -0.454 e. The number of esters is 1. The SMILES string of the molecule is C=C(Cl)COC(=O)c1nc(-c2ccccc2)n(-c2cccc(C(F)(F)F)c2)n1. The molecule has 0 atom stereocenters. The third kappa shape index (κ3) is 4.40. The van der Waals surface area contributed by atoms with Gasteiger partial charge in [0.2, 0.25) is 0 Å². The third-order valence-corrected chi connectivity index (χ3v) is 3.71. The van der Waals surface area contributed by atoms with Crippen LogP contribution < -0.4 is 0 Å². The Morgan fingerprint density at radius 2 is 1.86 bits per heavy atom. The van der Waals surface area contributed by atoms with E-state index in [1.165, 1.54) is 12.1 Å². The van der Waals surface area contributed by atoms with Crippen molar-refractivity contribution in [2.24, 2.45) is 0 Å². The summed E-state index contributed by atoms with van der Waals surface area (Å²) >= 11 is 5.57. The molecule has 0 amide bonds. The molecular weight excluding hydrogens is 395 g/mol. The van der Waals surface area contributed by atoms with Gasteiger partial charge < -0.3 is 4.74 Å². The summed E-state index contributed by atoms with van der Waals surface area (Å²) in [5.74, 6) is -0.990. The molecule has 1 heterocycles. The van der Waals surface area contributed by atoms with Gasteiger partial charge in [-0.25, -0.2) is 14.5 Å². The molecule has 0 unspecified atom stereocenters. The second-order valence-corrected chi connectivity index (χ2v) is 6.21. The predicted molar refractivity (Wildman–Crippen MR) is 97.1 cm³/mol. The second-order valence-electron chi connectivity index (χ2n) is 5.68. The molecule has 0 aliphatic rings. The molecule has 0 saturated carbocycles. The number of hydrogen-bond donors (Lipinski definition) is 0. The molecule has 3 rings (SSSR count). The molecule has 0 fully saturated rings. The van der Waals surface area contributed by atoms with Gasteiger partial charge in [0.25, 0.3) is 5.82 Å². The number of carbonyl (C=O) groups is 1. The standard InChI is InChI=1S/C19H13ClF3N3O2/c1-12(20)11-28-18(27)16-24-17(13-6-3-2-4-7-13)26(25-16)15-9-5-8-14(10-15)19(21,22)23/h2-10H,1,11H2.